The summed E-state index contributed by atoms with van der Waals surface area (Å²) in [6, 6.07) is -0.756. The van der Waals surface area contributed by atoms with Crippen LogP contribution in [0.1, 0.15) is 12.8 Å². The Morgan fingerprint density at radius 1 is 1.70 bits per heavy atom. The number of hydrogen-bond acceptors (Lipinski definition) is 5. The first-order valence-electron chi connectivity index (χ1n) is 3.03. The van der Waals surface area contributed by atoms with Crippen LogP contribution in [0.3, 0.4) is 0 Å². The normalized spacial score (nSPS) is 12.7. The van der Waals surface area contributed by atoms with Crippen LogP contribution in [0, 0.1) is 0 Å². The molecule has 0 saturated carbocycles. The van der Waals surface area contributed by atoms with E-state index in [1.165, 1.54) is 0 Å². The van der Waals surface area contributed by atoms with Crippen molar-refractivity contribution in [1.29, 1.82) is 0 Å². The summed E-state index contributed by atoms with van der Waals surface area (Å²) in [5.74, 6) is -0.812. The van der Waals surface area contributed by atoms with Gasteiger partial charge in [0, 0.05) is 0 Å². The SMILES string of the molecule is NCCC[C@@H](N)C(=O)OO. The average Bonchev–Trinajstić information content (AvgIpc) is 1.98. The molecular weight excluding hydrogens is 136 g/mol. The molecule has 0 aromatic rings. The molecule has 0 amide bonds. The van der Waals surface area contributed by atoms with E-state index in [0.29, 0.717) is 19.4 Å². The molecule has 0 spiro atoms. The average molecular weight is 148 g/mol. The number of hydrogen-bond donors (Lipinski definition) is 3. The number of rotatable bonds is 4. The van der Waals surface area contributed by atoms with Crippen LogP contribution >= 0.6 is 0 Å². The van der Waals surface area contributed by atoms with Gasteiger partial charge < -0.3 is 11.5 Å². The molecule has 0 rings (SSSR count). The Hall–Kier alpha value is -0.650. The van der Waals surface area contributed by atoms with E-state index < -0.39 is 12.0 Å². The third kappa shape index (κ3) is 3.39. The first-order chi connectivity index (χ1) is 4.72. The maximum Gasteiger partial charge on any atom is 0.358 e. The van der Waals surface area contributed by atoms with Crippen LogP contribution in [0.2, 0.25) is 0 Å². The molecule has 0 fully saturated rings. The lowest BCUT2D eigenvalue weighted by atomic mass is 10.2. The largest absolute Gasteiger partial charge is 0.358 e. The summed E-state index contributed by atoms with van der Waals surface area (Å²) < 4.78 is 0. The number of nitrogens with two attached hydrogens (primary N) is 2. The van der Waals surface area contributed by atoms with Crippen molar-refractivity contribution in [2.24, 2.45) is 11.5 Å². The monoisotopic (exact) mass is 148 g/mol. The highest BCUT2D eigenvalue weighted by Gasteiger charge is 2.13. The zero-order valence-corrected chi connectivity index (χ0v) is 5.62. The van der Waals surface area contributed by atoms with E-state index in [9.17, 15) is 4.79 Å². The standard InChI is InChI=1S/C5H12N2O3/c6-3-1-2-4(7)5(8)10-9/h4,9H,1-3,6-7H2/t4-/m1/s1. The predicted molar refractivity (Wildman–Crippen MR) is 35.0 cm³/mol. The Labute approximate surface area is 58.9 Å². The van der Waals surface area contributed by atoms with Gasteiger partial charge in [0.05, 0.1) is 0 Å². The lowest BCUT2D eigenvalue weighted by Gasteiger charge is -2.04. The van der Waals surface area contributed by atoms with Gasteiger partial charge in [-0.2, -0.15) is 5.26 Å². The lowest BCUT2D eigenvalue weighted by Crippen LogP contribution is -2.32. The van der Waals surface area contributed by atoms with E-state index in [1.54, 1.807) is 0 Å². The Balaban J connectivity index is 3.41. The molecule has 0 aromatic carbocycles. The second-order valence-electron chi connectivity index (χ2n) is 1.95. The fourth-order valence-electron chi connectivity index (χ4n) is 0.523. The van der Waals surface area contributed by atoms with Crippen LogP contribution < -0.4 is 11.5 Å². The molecule has 1 atom stereocenters. The Morgan fingerprint density at radius 2 is 2.30 bits per heavy atom. The number of carbonyl (C=O) groups excluding carboxylic acids is 1. The summed E-state index contributed by atoms with van der Waals surface area (Å²) in [6.07, 6.45) is 1.09. The highest BCUT2D eigenvalue weighted by atomic mass is 17.1. The third-order valence-corrected chi connectivity index (χ3v) is 1.11. The van der Waals surface area contributed by atoms with Crippen molar-refractivity contribution in [1.82, 2.24) is 0 Å². The van der Waals surface area contributed by atoms with Gasteiger partial charge >= 0.3 is 5.97 Å². The van der Waals surface area contributed by atoms with Crippen molar-refractivity contribution in [3.05, 3.63) is 0 Å². The van der Waals surface area contributed by atoms with E-state index in [-0.39, 0.29) is 0 Å². The van der Waals surface area contributed by atoms with E-state index in [4.69, 9.17) is 16.7 Å². The van der Waals surface area contributed by atoms with Gasteiger partial charge in [0.25, 0.3) is 0 Å². The van der Waals surface area contributed by atoms with Gasteiger partial charge in [-0.05, 0) is 19.4 Å². The Morgan fingerprint density at radius 3 is 2.70 bits per heavy atom. The smallest absolute Gasteiger partial charge is 0.330 e. The third-order valence-electron chi connectivity index (χ3n) is 1.11. The van der Waals surface area contributed by atoms with E-state index in [0.717, 1.165) is 0 Å². The first-order valence-corrected chi connectivity index (χ1v) is 3.03. The maximum atomic E-state index is 10.4. The molecular formula is C5H12N2O3. The minimum atomic E-state index is -0.812. The molecule has 0 aromatic heterocycles. The fourth-order valence-corrected chi connectivity index (χ4v) is 0.523. The second-order valence-corrected chi connectivity index (χ2v) is 1.95. The minimum Gasteiger partial charge on any atom is -0.330 e. The van der Waals surface area contributed by atoms with E-state index >= 15 is 0 Å². The van der Waals surface area contributed by atoms with E-state index in [1.807, 2.05) is 0 Å². The van der Waals surface area contributed by atoms with Crippen LogP contribution in [0.25, 0.3) is 0 Å². The van der Waals surface area contributed by atoms with Gasteiger partial charge in [0.1, 0.15) is 6.04 Å². The molecule has 5 heteroatoms. The number of carbonyl (C=O) groups is 1. The van der Waals surface area contributed by atoms with Gasteiger partial charge in [-0.25, -0.2) is 4.79 Å². The molecule has 0 heterocycles. The summed E-state index contributed by atoms with van der Waals surface area (Å²) in [4.78, 5) is 13.8. The topological polar surface area (TPSA) is 98.6 Å². The molecule has 60 valence electrons. The molecule has 0 unspecified atom stereocenters. The van der Waals surface area contributed by atoms with Crippen molar-refractivity contribution in [3.8, 4) is 0 Å². The van der Waals surface area contributed by atoms with Gasteiger partial charge in [-0.1, -0.05) is 0 Å². The van der Waals surface area contributed by atoms with Crippen molar-refractivity contribution in [2.75, 3.05) is 6.54 Å². The van der Waals surface area contributed by atoms with Crippen molar-refractivity contribution < 1.29 is 14.9 Å². The van der Waals surface area contributed by atoms with Crippen LogP contribution in [0.4, 0.5) is 0 Å². The Bertz CT molecular complexity index is 107. The van der Waals surface area contributed by atoms with E-state index in [2.05, 4.69) is 4.89 Å². The molecule has 0 radical (unpaired) electrons. The molecule has 10 heavy (non-hydrogen) atoms. The van der Waals surface area contributed by atoms with Crippen LogP contribution in [-0.2, 0) is 9.68 Å². The fraction of sp³-hybridized carbons (Fsp3) is 0.800. The summed E-state index contributed by atoms with van der Waals surface area (Å²) in [6.45, 7) is 0.479. The molecule has 5 nitrogen and oxygen atoms in total. The highest BCUT2D eigenvalue weighted by molar-refractivity contribution is 5.74. The zero-order valence-electron chi connectivity index (χ0n) is 5.62. The van der Waals surface area contributed by atoms with Crippen LogP contribution in [0.15, 0.2) is 0 Å². The zero-order chi connectivity index (χ0) is 7.98. The van der Waals surface area contributed by atoms with Crippen LogP contribution in [-0.4, -0.2) is 23.8 Å². The van der Waals surface area contributed by atoms with Crippen molar-refractivity contribution >= 4 is 5.97 Å². The summed E-state index contributed by atoms with van der Waals surface area (Å²) in [7, 11) is 0. The van der Waals surface area contributed by atoms with Crippen LogP contribution in [0.5, 0.6) is 0 Å². The minimum absolute atomic E-state index is 0.440. The molecule has 0 aliphatic heterocycles. The van der Waals surface area contributed by atoms with Gasteiger partial charge in [0.2, 0.25) is 0 Å². The Kier molecular flexibility index (Phi) is 4.82. The van der Waals surface area contributed by atoms with Crippen molar-refractivity contribution in [3.63, 3.8) is 0 Å². The molecule has 0 saturated heterocycles. The maximum absolute atomic E-state index is 10.4. The molecule has 0 aliphatic rings. The molecule has 5 N–H and O–H groups in total. The van der Waals surface area contributed by atoms with Gasteiger partial charge in [-0.15, -0.1) is 0 Å². The summed E-state index contributed by atoms with van der Waals surface area (Å²) in [5.41, 5.74) is 10.4. The van der Waals surface area contributed by atoms with Crippen molar-refractivity contribution in [2.45, 2.75) is 18.9 Å². The quantitative estimate of drug-likeness (QED) is 0.353. The van der Waals surface area contributed by atoms with Gasteiger partial charge in [0.15, 0.2) is 0 Å². The second kappa shape index (κ2) is 5.16. The molecule has 0 aliphatic carbocycles. The summed E-state index contributed by atoms with van der Waals surface area (Å²) in [5, 5.41) is 7.84. The summed E-state index contributed by atoms with van der Waals surface area (Å²) >= 11 is 0. The lowest BCUT2D eigenvalue weighted by molar-refractivity contribution is -0.235. The predicted octanol–water partition coefficient (Wildman–Crippen LogP) is -0.931. The van der Waals surface area contributed by atoms with Gasteiger partial charge in [-0.3, -0.25) is 4.89 Å². The molecule has 0 bridgehead atoms. The first kappa shape index (κ1) is 9.35. The highest BCUT2D eigenvalue weighted by Crippen LogP contribution is 1.93.